The van der Waals surface area contributed by atoms with Crippen molar-refractivity contribution in [2.75, 3.05) is 0 Å². The van der Waals surface area contributed by atoms with Gasteiger partial charge in [-0.2, -0.15) is 0 Å². The van der Waals surface area contributed by atoms with Crippen molar-refractivity contribution >= 4 is 11.9 Å². The molecule has 0 spiro atoms. The zero-order chi connectivity index (χ0) is 11.6. The number of carbonyl (C=O) groups excluding carboxylic acids is 1. The van der Waals surface area contributed by atoms with Gasteiger partial charge in [0.05, 0.1) is 6.42 Å². The first-order valence-electron chi connectivity index (χ1n) is 5.46. The van der Waals surface area contributed by atoms with Crippen molar-refractivity contribution in [1.82, 2.24) is 4.90 Å². The van der Waals surface area contributed by atoms with E-state index in [0.29, 0.717) is 12.8 Å². The van der Waals surface area contributed by atoms with E-state index in [2.05, 4.69) is 0 Å². The molecule has 1 saturated heterocycles. The van der Waals surface area contributed by atoms with Gasteiger partial charge in [-0.15, -0.1) is 0 Å². The smallest absolute Gasteiger partial charge is 0.303 e. The molecule has 0 aromatic rings. The van der Waals surface area contributed by atoms with Gasteiger partial charge in [-0.1, -0.05) is 0 Å². The Labute approximate surface area is 90.3 Å². The molecule has 4 heteroatoms. The first-order chi connectivity index (χ1) is 6.93. The summed E-state index contributed by atoms with van der Waals surface area (Å²) in [6.45, 7) is 5.89. The van der Waals surface area contributed by atoms with Gasteiger partial charge in [-0.3, -0.25) is 9.59 Å². The molecular formula is C11H19NO3. The number of piperidine rings is 1. The molecule has 1 N–H and O–H groups in total. The lowest BCUT2D eigenvalue weighted by molar-refractivity contribution is -0.146. The van der Waals surface area contributed by atoms with Gasteiger partial charge >= 0.3 is 5.97 Å². The summed E-state index contributed by atoms with van der Waals surface area (Å²) in [4.78, 5) is 24.1. The molecule has 1 amide bonds. The minimum atomic E-state index is -0.773. The van der Waals surface area contributed by atoms with Crippen molar-refractivity contribution in [2.24, 2.45) is 5.92 Å². The van der Waals surface area contributed by atoms with E-state index in [0.717, 1.165) is 0 Å². The van der Waals surface area contributed by atoms with Crippen LogP contribution in [0.15, 0.2) is 0 Å². The van der Waals surface area contributed by atoms with Crippen LogP contribution in [0, 0.1) is 5.92 Å². The van der Waals surface area contributed by atoms with Gasteiger partial charge in [-0.05, 0) is 33.1 Å². The molecule has 0 aromatic heterocycles. The molecule has 0 bridgehead atoms. The highest BCUT2D eigenvalue weighted by atomic mass is 16.4. The second kappa shape index (κ2) is 4.64. The van der Waals surface area contributed by atoms with Gasteiger partial charge in [0.15, 0.2) is 0 Å². The second-order valence-corrected chi connectivity index (χ2v) is 4.53. The van der Waals surface area contributed by atoms with Crippen molar-refractivity contribution in [3.05, 3.63) is 0 Å². The van der Waals surface area contributed by atoms with Crippen molar-refractivity contribution in [1.29, 1.82) is 0 Å². The number of amides is 1. The largest absolute Gasteiger partial charge is 0.481 e. The predicted octanol–water partition coefficient (Wildman–Crippen LogP) is 1.50. The van der Waals surface area contributed by atoms with E-state index in [-0.39, 0.29) is 30.3 Å². The fourth-order valence-electron chi connectivity index (χ4n) is 2.39. The summed E-state index contributed by atoms with van der Waals surface area (Å²) in [5.41, 5.74) is 0. The number of carboxylic acid groups (broad SMARTS) is 1. The van der Waals surface area contributed by atoms with E-state index >= 15 is 0 Å². The Morgan fingerprint density at radius 3 is 2.67 bits per heavy atom. The minimum Gasteiger partial charge on any atom is -0.481 e. The third-order valence-corrected chi connectivity index (χ3v) is 3.13. The summed E-state index contributed by atoms with van der Waals surface area (Å²) >= 11 is 0. The molecule has 0 aliphatic carbocycles. The molecule has 0 saturated carbocycles. The van der Waals surface area contributed by atoms with Crippen LogP contribution in [-0.4, -0.2) is 34.0 Å². The van der Waals surface area contributed by atoms with E-state index in [1.807, 2.05) is 25.7 Å². The third kappa shape index (κ3) is 2.70. The van der Waals surface area contributed by atoms with Crippen LogP contribution in [0.5, 0.6) is 0 Å². The molecule has 0 radical (unpaired) electrons. The first-order valence-corrected chi connectivity index (χ1v) is 5.46. The van der Waals surface area contributed by atoms with Crippen LogP contribution in [0.2, 0.25) is 0 Å². The number of nitrogens with zero attached hydrogens (tertiary/aromatic N) is 1. The zero-order valence-electron chi connectivity index (χ0n) is 9.56. The normalized spacial score (nSPS) is 27.2. The number of carboxylic acids is 1. The molecule has 86 valence electrons. The summed E-state index contributed by atoms with van der Waals surface area (Å²) in [5, 5.41) is 8.77. The van der Waals surface area contributed by atoms with Crippen LogP contribution >= 0.6 is 0 Å². The Kier molecular flexibility index (Phi) is 3.72. The van der Waals surface area contributed by atoms with Crippen LogP contribution in [0.25, 0.3) is 0 Å². The van der Waals surface area contributed by atoms with Crippen molar-refractivity contribution < 1.29 is 14.7 Å². The molecule has 1 aliphatic rings. The topological polar surface area (TPSA) is 57.6 Å². The highest BCUT2D eigenvalue weighted by Gasteiger charge is 2.34. The lowest BCUT2D eigenvalue weighted by atomic mass is 9.86. The maximum absolute atomic E-state index is 11.7. The van der Waals surface area contributed by atoms with Crippen LogP contribution in [0.4, 0.5) is 0 Å². The molecule has 4 nitrogen and oxygen atoms in total. The van der Waals surface area contributed by atoms with Gasteiger partial charge in [0.25, 0.3) is 0 Å². The zero-order valence-corrected chi connectivity index (χ0v) is 9.56. The van der Waals surface area contributed by atoms with E-state index in [4.69, 9.17) is 5.11 Å². The van der Waals surface area contributed by atoms with E-state index in [1.54, 1.807) is 0 Å². The number of aliphatic carboxylic acids is 1. The quantitative estimate of drug-likeness (QED) is 0.772. The Balaban J connectivity index is 2.72. The minimum absolute atomic E-state index is 0.0438. The maximum Gasteiger partial charge on any atom is 0.303 e. The highest BCUT2D eigenvalue weighted by molar-refractivity contribution is 5.78. The van der Waals surface area contributed by atoms with Gasteiger partial charge < -0.3 is 10.0 Å². The van der Waals surface area contributed by atoms with E-state index in [1.165, 1.54) is 0 Å². The summed E-state index contributed by atoms with van der Waals surface area (Å²) in [7, 11) is 0. The molecule has 1 heterocycles. The average molecular weight is 213 g/mol. The monoisotopic (exact) mass is 213 g/mol. The van der Waals surface area contributed by atoms with E-state index < -0.39 is 5.97 Å². The SMILES string of the molecule is CC(C)N1C(=O)CC[C@@H](CC(=O)O)[C@@H]1C. The lowest BCUT2D eigenvalue weighted by Crippen LogP contribution is -2.50. The molecule has 2 atom stereocenters. The summed E-state index contributed by atoms with van der Waals surface area (Å²) < 4.78 is 0. The predicted molar refractivity (Wildman–Crippen MR) is 56.4 cm³/mol. The van der Waals surface area contributed by atoms with Crippen molar-refractivity contribution in [3.63, 3.8) is 0 Å². The Hall–Kier alpha value is -1.06. The van der Waals surface area contributed by atoms with Crippen LogP contribution in [0.1, 0.15) is 40.0 Å². The Morgan fingerprint density at radius 1 is 1.60 bits per heavy atom. The highest BCUT2D eigenvalue weighted by Crippen LogP contribution is 2.28. The average Bonchev–Trinajstić information content (AvgIpc) is 2.09. The molecule has 0 aromatic carbocycles. The third-order valence-electron chi connectivity index (χ3n) is 3.13. The van der Waals surface area contributed by atoms with Crippen LogP contribution in [0.3, 0.4) is 0 Å². The summed E-state index contributed by atoms with van der Waals surface area (Å²) in [5.74, 6) is -0.522. The number of rotatable bonds is 3. The van der Waals surface area contributed by atoms with Crippen LogP contribution in [-0.2, 0) is 9.59 Å². The van der Waals surface area contributed by atoms with Crippen molar-refractivity contribution in [3.8, 4) is 0 Å². The summed E-state index contributed by atoms with van der Waals surface area (Å²) in [6.07, 6.45) is 1.35. The number of carbonyl (C=O) groups is 2. The Morgan fingerprint density at radius 2 is 2.20 bits per heavy atom. The lowest BCUT2D eigenvalue weighted by Gasteiger charge is -2.41. The standard InChI is InChI=1S/C11H19NO3/c1-7(2)12-8(3)9(6-11(14)15)4-5-10(12)13/h7-9H,4-6H2,1-3H3,(H,14,15)/t8-,9-/m0/s1. The molecule has 1 aliphatic heterocycles. The number of hydrogen-bond donors (Lipinski definition) is 1. The molecule has 0 unspecified atom stereocenters. The molecular weight excluding hydrogens is 194 g/mol. The van der Waals surface area contributed by atoms with Gasteiger partial charge in [-0.25, -0.2) is 0 Å². The first kappa shape index (κ1) is 12.0. The van der Waals surface area contributed by atoms with Gasteiger partial charge in [0.2, 0.25) is 5.91 Å². The number of likely N-dealkylation sites (tertiary alicyclic amines) is 1. The number of hydrogen-bond acceptors (Lipinski definition) is 2. The van der Waals surface area contributed by atoms with Crippen LogP contribution < -0.4 is 0 Å². The van der Waals surface area contributed by atoms with Crippen molar-refractivity contribution in [2.45, 2.75) is 52.1 Å². The second-order valence-electron chi connectivity index (χ2n) is 4.53. The summed E-state index contributed by atoms with van der Waals surface area (Å²) in [6, 6.07) is 0.200. The fourth-order valence-corrected chi connectivity index (χ4v) is 2.39. The van der Waals surface area contributed by atoms with E-state index in [9.17, 15) is 9.59 Å². The van der Waals surface area contributed by atoms with Gasteiger partial charge in [0, 0.05) is 18.5 Å². The maximum atomic E-state index is 11.7. The Bertz CT molecular complexity index is 263. The molecule has 1 fully saturated rings. The molecule has 1 rings (SSSR count). The van der Waals surface area contributed by atoms with Gasteiger partial charge in [0.1, 0.15) is 0 Å². The fraction of sp³-hybridized carbons (Fsp3) is 0.818. The molecule has 15 heavy (non-hydrogen) atoms.